The molecule has 1 aliphatic rings. The van der Waals surface area contributed by atoms with Crippen molar-refractivity contribution in [2.24, 2.45) is 0 Å². The van der Waals surface area contributed by atoms with E-state index in [1.807, 2.05) is 24.3 Å². The van der Waals surface area contributed by atoms with Crippen LogP contribution < -0.4 is 19.3 Å². The van der Waals surface area contributed by atoms with E-state index >= 15 is 0 Å². The van der Waals surface area contributed by atoms with Crippen molar-refractivity contribution in [3.8, 4) is 11.5 Å². The number of carbonyl (C=O) groups excluding carboxylic acids is 1. The molecule has 1 aliphatic heterocycles. The van der Waals surface area contributed by atoms with E-state index in [1.165, 1.54) is 0 Å². The Morgan fingerprint density at radius 3 is 1.65 bits per heavy atom. The molecule has 0 saturated heterocycles. The number of hydrogen-bond acceptors (Lipinski definition) is 6. The van der Waals surface area contributed by atoms with E-state index in [9.17, 15) is 4.79 Å². The van der Waals surface area contributed by atoms with Crippen molar-refractivity contribution in [2.75, 3.05) is 49.2 Å². The minimum atomic E-state index is -1.13. The number of unbranched alkanes of at least 4 members (excludes halogenated alkanes) is 2. The Balaban J connectivity index is 1.99. The van der Waals surface area contributed by atoms with Gasteiger partial charge >= 0.3 is 5.97 Å². The van der Waals surface area contributed by atoms with Gasteiger partial charge in [0.25, 0.3) is 0 Å². The molecule has 6 nitrogen and oxygen atoms in total. The topological polar surface area (TPSA) is 51.2 Å². The minimum Gasteiger partial charge on any atom is -0.493 e. The fourth-order valence-electron chi connectivity index (χ4n) is 5.99. The van der Waals surface area contributed by atoms with Gasteiger partial charge in [-0.25, -0.2) is 4.79 Å². The lowest BCUT2D eigenvalue weighted by molar-refractivity contribution is -0.00958. The third-order valence-corrected chi connectivity index (χ3v) is 8.51. The molecule has 0 bridgehead atoms. The molecule has 0 aliphatic carbocycles. The summed E-state index contributed by atoms with van der Waals surface area (Å²) in [5.41, 5.74) is 4.32. The van der Waals surface area contributed by atoms with Crippen LogP contribution in [0, 0.1) is 0 Å². The minimum absolute atomic E-state index is 0.332. The van der Waals surface area contributed by atoms with Crippen LogP contribution in [-0.2, 0) is 16.8 Å². The van der Waals surface area contributed by atoms with Gasteiger partial charge in [-0.15, -0.1) is 0 Å². The SMILES string of the molecule is CCCCOc1cc(N(CC)CC)ccc1C1(c2ccc(N(CC)CC)cc2OCCCC)Cc2ccccc2C(=O)O1. The first kappa shape index (κ1) is 32.2. The molecule has 232 valence electrons. The van der Waals surface area contributed by atoms with Gasteiger partial charge in [-0.3, -0.25) is 0 Å². The van der Waals surface area contributed by atoms with Gasteiger partial charge in [-0.1, -0.05) is 44.9 Å². The summed E-state index contributed by atoms with van der Waals surface area (Å²) < 4.78 is 19.7. The van der Waals surface area contributed by atoms with E-state index in [1.54, 1.807) is 0 Å². The number of hydrogen-bond donors (Lipinski definition) is 0. The fraction of sp³-hybridized carbons (Fsp3) is 0.486. The summed E-state index contributed by atoms with van der Waals surface area (Å²) in [6.45, 7) is 17.7. The first-order valence-corrected chi connectivity index (χ1v) is 16.3. The molecule has 0 unspecified atom stereocenters. The van der Waals surface area contributed by atoms with Gasteiger partial charge in [0.05, 0.1) is 18.8 Å². The zero-order valence-corrected chi connectivity index (χ0v) is 27.1. The average molecular weight is 587 g/mol. The van der Waals surface area contributed by atoms with Crippen LogP contribution in [0.5, 0.6) is 11.5 Å². The van der Waals surface area contributed by atoms with Crippen LogP contribution in [0.2, 0.25) is 0 Å². The van der Waals surface area contributed by atoms with E-state index in [0.29, 0.717) is 25.2 Å². The molecule has 0 amide bonds. The number of esters is 1. The largest absolute Gasteiger partial charge is 0.493 e. The number of ether oxygens (including phenoxy) is 3. The first-order valence-electron chi connectivity index (χ1n) is 16.3. The van der Waals surface area contributed by atoms with E-state index < -0.39 is 5.60 Å². The maximum absolute atomic E-state index is 13.8. The molecule has 0 atom stereocenters. The number of anilines is 2. The number of fused-ring (bicyclic) bond motifs is 1. The number of benzene rings is 3. The highest BCUT2D eigenvalue weighted by Crippen LogP contribution is 2.49. The summed E-state index contributed by atoms with van der Waals surface area (Å²) in [5.74, 6) is 1.16. The molecule has 4 rings (SSSR count). The van der Waals surface area contributed by atoms with Gasteiger partial charge in [-0.05, 0) is 76.4 Å². The van der Waals surface area contributed by atoms with Gasteiger partial charge in [0, 0.05) is 67.2 Å². The molecule has 0 N–H and O–H groups in total. The molecule has 0 fully saturated rings. The molecular formula is C37H50N2O4. The number of carbonyl (C=O) groups is 1. The van der Waals surface area contributed by atoms with Crippen LogP contribution in [0.1, 0.15) is 94.3 Å². The van der Waals surface area contributed by atoms with Crippen LogP contribution in [0.3, 0.4) is 0 Å². The summed E-state index contributed by atoms with van der Waals surface area (Å²) in [6.07, 6.45) is 4.42. The van der Waals surface area contributed by atoms with Gasteiger partial charge in [0.1, 0.15) is 11.5 Å². The second-order valence-electron chi connectivity index (χ2n) is 11.2. The summed E-state index contributed by atoms with van der Waals surface area (Å²) in [6, 6.07) is 20.5. The first-order chi connectivity index (χ1) is 21.0. The molecule has 0 saturated carbocycles. The van der Waals surface area contributed by atoms with Crippen LogP contribution in [0.25, 0.3) is 0 Å². The number of nitrogens with zero attached hydrogens (tertiary/aromatic N) is 2. The van der Waals surface area contributed by atoms with E-state index in [2.05, 4.69) is 87.7 Å². The van der Waals surface area contributed by atoms with Crippen molar-refractivity contribution < 1.29 is 19.0 Å². The van der Waals surface area contributed by atoms with E-state index in [4.69, 9.17) is 14.2 Å². The molecule has 0 aromatic heterocycles. The predicted octanol–water partition coefficient (Wildman–Crippen LogP) is 8.39. The number of cyclic esters (lactones) is 1. The Morgan fingerprint density at radius 1 is 0.698 bits per heavy atom. The van der Waals surface area contributed by atoms with Crippen molar-refractivity contribution in [1.29, 1.82) is 0 Å². The molecular weight excluding hydrogens is 536 g/mol. The van der Waals surface area contributed by atoms with Crippen LogP contribution >= 0.6 is 0 Å². The molecule has 3 aromatic rings. The highest BCUT2D eigenvalue weighted by Gasteiger charge is 2.47. The Hall–Kier alpha value is -3.67. The zero-order valence-electron chi connectivity index (χ0n) is 27.1. The summed E-state index contributed by atoms with van der Waals surface area (Å²) >= 11 is 0. The fourth-order valence-corrected chi connectivity index (χ4v) is 5.99. The highest BCUT2D eigenvalue weighted by atomic mass is 16.6. The lowest BCUT2D eigenvalue weighted by Gasteiger charge is -2.40. The van der Waals surface area contributed by atoms with Crippen molar-refractivity contribution in [1.82, 2.24) is 0 Å². The monoisotopic (exact) mass is 586 g/mol. The zero-order chi connectivity index (χ0) is 30.8. The Morgan fingerprint density at radius 2 is 1.19 bits per heavy atom. The van der Waals surface area contributed by atoms with Gasteiger partial charge in [-0.2, -0.15) is 0 Å². The molecule has 0 spiro atoms. The maximum atomic E-state index is 13.8. The Bertz CT molecular complexity index is 1280. The van der Waals surface area contributed by atoms with Crippen molar-refractivity contribution in [2.45, 2.75) is 79.2 Å². The average Bonchev–Trinajstić information content (AvgIpc) is 3.03. The lowest BCUT2D eigenvalue weighted by Crippen LogP contribution is -2.41. The second kappa shape index (κ2) is 15.2. The lowest BCUT2D eigenvalue weighted by atomic mass is 9.77. The summed E-state index contributed by atoms with van der Waals surface area (Å²) in [5, 5.41) is 0. The summed E-state index contributed by atoms with van der Waals surface area (Å²) in [7, 11) is 0. The van der Waals surface area contributed by atoms with E-state index in [0.717, 1.165) is 91.4 Å². The van der Waals surface area contributed by atoms with Gasteiger partial charge in [0.15, 0.2) is 5.60 Å². The van der Waals surface area contributed by atoms with Gasteiger partial charge in [0.2, 0.25) is 0 Å². The maximum Gasteiger partial charge on any atom is 0.339 e. The standard InChI is InChI=1S/C37H50N2O4/c1-7-13-23-41-34-25-29(38(9-3)10-4)19-21-32(34)37(27-28-17-15-16-18-31(28)36(40)43-37)33-22-20-30(39(11-5)12-6)26-35(33)42-24-14-8-2/h15-22,25-26H,7-14,23-24,27H2,1-6H3. The Kier molecular flexibility index (Phi) is 11.4. The Labute approximate surface area is 258 Å². The molecule has 0 radical (unpaired) electrons. The van der Waals surface area contributed by atoms with Crippen molar-refractivity contribution in [3.05, 3.63) is 82.9 Å². The molecule has 6 heteroatoms. The van der Waals surface area contributed by atoms with Crippen LogP contribution in [0.4, 0.5) is 11.4 Å². The van der Waals surface area contributed by atoms with E-state index in [-0.39, 0.29) is 5.97 Å². The van der Waals surface area contributed by atoms with Crippen LogP contribution in [-0.4, -0.2) is 45.4 Å². The third kappa shape index (κ3) is 6.95. The smallest absolute Gasteiger partial charge is 0.339 e. The summed E-state index contributed by atoms with van der Waals surface area (Å²) in [4.78, 5) is 18.4. The normalized spacial score (nSPS) is 13.7. The number of rotatable bonds is 16. The van der Waals surface area contributed by atoms with Crippen LogP contribution in [0.15, 0.2) is 60.7 Å². The molecule has 1 heterocycles. The second-order valence-corrected chi connectivity index (χ2v) is 11.2. The highest BCUT2D eigenvalue weighted by molar-refractivity contribution is 5.93. The van der Waals surface area contributed by atoms with Crippen molar-refractivity contribution in [3.63, 3.8) is 0 Å². The molecule has 3 aromatic carbocycles. The van der Waals surface area contributed by atoms with Crippen molar-refractivity contribution >= 4 is 17.3 Å². The molecule has 43 heavy (non-hydrogen) atoms. The quantitative estimate of drug-likeness (QED) is 0.124. The third-order valence-electron chi connectivity index (χ3n) is 8.51. The van der Waals surface area contributed by atoms with Gasteiger partial charge < -0.3 is 24.0 Å². The predicted molar refractivity (Wildman–Crippen MR) is 177 cm³/mol.